The van der Waals surface area contributed by atoms with E-state index in [9.17, 15) is 13.2 Å². The molecule has 0 saturated heterocycles. The van der Waals surface area contributed by atoms with E-state index in [-0.39, 0.29) is 24.6 Å². The summed E-state index contributed by atoms with van der Waals surface area (Å²) >= 11 is 0. The van der Waals surface area contributed by atoms with Crippen molar-refractivity contribution in [3.63, 3.8) is 0 Å². The van der Waals surface area contributed by atoms with Gasteiger partial charge in [0.15, 0.2) is 0 Å². The highest BCUT2D eigenvalue weighted by atomic mass is 32.2. The summed E-state index contributed by atoms with van der Waals surface area (Å²) in [5.41, 5.74) is 0.568. The molecule has 0 radical (unpaired) electrons. The molecule has 7 heteroatoms. The maximum atomic E-state index is 12.2. The van der Waals surface area contributed by atoms with Crippen LogP contribution in [0.3, 0.4) is 0 Å². The number of sulfonamides is 1. The maximum absolute atomic E-state index is 12.2. The monoisotopic (exact) mass is 322 g/mol. The average Bonchev–Trinajstić information content (AvgIpc) is 3.04. The number of nitrogens with zero attached hydrogens (tertiary/aromatic N) is 1. The Morgan fingerprint density at radius 1 is 1.18 bits per heavy atom. The van der Waals surface area contributed by atoms with Crippen molar-refractivity contribution in [3.8, 4) is 0 Å². The van der Waals surface area contributed by atoms with E-state index in [1.807, 2.05) is 6.07 Å². The fraction of sp³-hybridized carbons (Fsp3) is 0.267. The molecule has 6 nitrogen and oxygen atoms in total. The number of carbonyl (C=O) groups is 1. The number of rotatable bonds is 7. The number of furan rings is 1. The summed E-state index contributed by atoms with van der Waals surface area (Å²) in [6.07, 6.45) is 1.42. The first-order chi connectivity index (χ1) is 10.5. The van der Waals surface area contributed by atoms with E-state index in [2.05, 4.69) is 5.32 Å². The fourth-order valence-corrected chi connectivity index (χ4v) is 3.00. The number of benzene rings is 1. The van der Waals surface area contributed by atoms with Crippen molar-refractivity contribution in [2.75, 3.05) is 17.1 Å². The standard InChI is InChI=1S/C15H18N2O4S/c1-17(13-6-3-2-4-7-13)22(19,20)11-9-15(18)16-12-14-8-5-10-21-14/h2-8,10H,9,11-12H2,1H3,(H,16,18). The van der Waals surface area contributed by atoms with Gasteiger partial charge in [0.1, 0.15) is 5.76 Å². The van der Waals surface area contributed by atoms with Gasteiger partial charge in [0.05, 0.1) is 24.2 Å². The second kappa shape index (κ2) is 7.13. The van der Waals surface area contributed by atoms with Gasteiger partial charge in [-0.25, -0.2) is 8.42 Å². The summed E-state index contributed by atoms with van der Waals surface area (Å²) < 4.78 is 30.7. The van der Waals surface area contributed by atoms with Crippen molar-refractivity contribution in [2.45, 2.75) is 13.0 Å². The van der Waals surface area contributed by atoms with Gasteiger partial charge in [-0.3, -0.25) is 9.10 Å². The fourth-order valence-electron chi connectivity index (χ4n) is 1.84. The minimum Gasteiger partial charge on any atom is -0.467 e. The predicted octanol–water partition coefficient (Wildman–Crippen LogP) is 1.75. The van der Waals surface area contributed by atoms with Crippen molar-refractivity contribution < 1.29 is 17.6 Å². The molecule has 0 fully saturated rings. The van der Waals surface area contributed by atoms with Crippen LogP contribution >= 0.6 is 0 Å². The third-order valence-electron chi connectivity index (χ3n) is 3.16. The summed E-state index contributed by atoms with van der Waals surface area (Å²) in [5.74, 6) is 0.0431. The third-order valence-corrected chi connectivity index (χ3v) is 4.93. The first kappa shape index (κ1) is 16.1. The molecule has 1 aromatic carbocycles. The predicted molar refractivity (Wildman–Crippen MR) is 83.8 cm³/mol. The molecule has 0 saturated carbocycles. The topological polar surface area (TPSA) is 79.6 Å². The molecule has 1 aromatic heterocycles. The summed E-state index contributed by atoms with van der Waals surface area (Å²) in [6, 6.07) is 12.2. The molecule has 1 N–H and O–H groups in total. The molecule has 0 atom stereocenters. The second-order valence-electron chi connectivity index (χ2n) is 4.73. The maximum Gasteiger partial charge on any atom is 0.235 e. The van der Waals surface area contributed by atoms with Crippen LogP contribution in [-0.2, 0) is 21.4 Å². The Balaban J connectivity index is 1.85. The quantitative estimate of drug-likeness (QED) is 0.842. The largest absolute Gasteiger partial charge is 0.467 e. The van der Waals surface area contributed by atoms with E-state index < -0.39 is 10.0 Å². The van der Waals surface area contributed by atoms with E-state index in [0.29, 0.717) is 11.4 Å². The Bertz CT molecular complexity index is 696. The molecular formula is C15H18N2O4S. The van der Waals surface area contributed by atoms with Crippen LogP contribution in [0, 0.1) is 0 Å². The van der Waals surface area contributed by atoms with Gasteiger partial charge in [0.25, 0.3) is 0 Å². The van der Waals surface area contributed by atoms with E-state index in [1.54, 1.807) is 36.4 Å². The zero-order valence-electron chi connectivity index (χ0n) is 12.2. The highest BCUT2D eigenvalue weighted by molar-refractivity contribution is 7.92. The summed E-state index contributed by atoms with van der Waals surface area (Å²) in [4.78, 5) is 11.7. The summed E-state index contributed by atoms with van der Waals surface area (Å²) in [7, 11) is -2.05. The van der Waals surface area contributed by atoms with Gasteiger partial charge in [-0.05, 0) is 24.3 Å². The van der Waals surface area contributed by atoms with Crippen LogP contribution in [0.15, 0.2) is 53.1 Å². The lowest BCUT2D eigenvalue weighted by atomic mass is 10.3. The Labute approximate surface area is 129 Å². The van der Waals surface area contributed by atoms with E-state index in [0.717, 1.165) is 0 Å². The SMILES string of the molecule is CN(c1ccccc1)S(=O)(=O)CCC(=O)NCc1ccco1. The number of carbonyl (C=O) groups excluding carboxylic acids is 1. The van der Waals surface area contributed by atoms with Crippen LogP contribution in [0.1, 0.15) is 12.2 Å². The van der Waals surface area contributed by atoms with E-state index in [1.165, 1.54) is 17.6 Å². The summed E-state index contributed by atoms with van der Waals surface area (Å²) in [5, 5.41) is 2.62. The van der Waals surface area contributed by atoms with Gasteiger partial charge in [-0.15, -0.1) is 0 Å². The van der Waals surface area contributed by atoms with Gasteiger partial charge >= 0.3 is 0 Å². The van der Waals surface area contributed by atoms with Crippen LogP contribution in [0.4, 0.5) is 5.69 Å². The average molecular weight is 322 g/mol. The van der Waals surface area contributed by atoms with Crippen LogP contribution in [-0.4, -0.2) is 27.1 Å². The molecule has 22 heavy (non-hydrogen) atoms. The summed E-state index contributed by atoms with van der Waals surface area (Å²) in [6.45, 7) is 0.250. The molecule has 0 aliphatic carbocycles. The van der Waals surface area contributed by atoms with E-state index >= 15 is 0 Å². The van der Waals surface area contributed by atoms with E-state index in [4.69, 9.17) is 4.42 Å². The Kier molecular flexibility index (Phi) is 5.21. The first-order valence-corrected chi connectivity index (χ1v) is 8.41. The van der Waals surface area contributed by atoms with Crippen molar-refractivity contribution >= 4 is 21.6 Å². The normalized spacial score (nSPS) is 11.1. The highest BCUT2D eigenvalue weighted by Gasteiger charge is 2.19. The molecule has 0 unspecified atom stereocenters. The van der Waals surface area contributed by atoms with Gasteiger partial charge in [-0.2, -0.15) is 0 Å². The zero-order chi connectivity index (χ0) is 16.0. The van der Waals surface area contributed by atoms with Crippen LogP contribution in [0.2, 0.25) is 0 Å². The molecule has 2 rings (SSSR count). The highest BCUT2D eigenvalue weighted by Crippen LogP contribution is 2.15. The smallest absolute Gasteiger partial charge is 0.235 e. The molecule has 0 aliphatic heterocycles. The van der Waals surface area contributed by atoms with Gasteiger partial charge in [0.2, 0.25) is 15.9 Å². The number of nitrogens with one attached hydrogen (secondary N) is 1. The third kappa shape index (κ3) is 4.36. The molecule has 1 amide bonds. The van der Waals surface area contributed by atoms with Crippen molar-refractivity contribution in [3.05, 3.63) is 54.5 Å². The van der Waals surface area contributed by atoms with Gasteiger partial charge < -0.3 is 9.73 Å². The van der Waals surface area contributed by atoms with Crippen LogP contribution in [0.5, 0.6) is 0 Å². The lowest BCUT2D eigenvalue weighted by molar-refractivity contribution is -0.120. The molecule has 0 aliphatic rings. The molecular weight excluding hydrogens is 304 g/mol. The van der Waals surface area contributed by atoms with Gasteiger partial charge in [-0.1, -0.05) is 18.2 Å². The molecule has 118 valence electrons. The minimum absolute atomic E-state index is 0.0970. The van der Waals surface area contributed by atoms with Crippen molar-refractivity contribution in [1.29, 1.82) is 0 Å². The van der Waals surface area contributed by atoms with Crippen LogP contribution < -0.4 is 9.62 Å². The Morgan fingerprint density at radius 3 is 2.55 bits per heavy atom. The molecule has 2 aromatic rings. The van der Waals surface area contributed by atoms with Crippen molar-refractivity contribution in [2.24, 2.45) is 0 Å². The second-order valence-corrected chi connectivity index (χ2v) is 6.84. The number of amides is 1. The van der Waals surface area contributed by atoms with Crippen molar-refractivity contribution in [1.82, 2.24) is 5.32 Å². The van der Waals surface area contributed by atoms with Gasteiger partial charge in [0, 0.05) is 13.5 Å². The molecule has 1 heterocycles. The number of para-hydroxylation sites is 1. The van der Waals surface area contributed by atoms with Crippen LogP contribution in [0.25, 0.3) is 0 Å². The molecule has 0 spiro atoms. The number of hydrogen-bond acceptors (Lipinski definition) is 4. The lowest BCUT2D eigenvalue weighted by Crippen LogP contribution is -2.32. The minimum atomic E-state index is -3.53. The Morgan fingerprint density at radius 2 is 1.91 bits per heavy atom. The number of anilines is 1. The Hall–Kier alpha value is -2.28. The lowest BCUT2D eigenvalue weighted by Gasteiger charge is -2.19. The zero-order valence-corrected chi connectivity index (χ0v) is 13.0. The number of hydrogen-bond donors (Lipinski definition) is 1. The molecule has 0 bridgehead atoms. The first-order valence-electron chi connectivity index (χ1n) is 6.80.